The van der Waals surface area contributed by atoms with Crippen LogP contribution in [0.25, 0.3) is 17.4 Å². The third-order valence-corrected chi connectivity index (χ3v) is 1.90. The number of fused-ring (bicyclic) bond motifs is 1. The molecule has 0 aliphatic carbocycles. The highest BCUT2D eigenvalue weighted by Gasteiger charge is 2.11. The van der Waals surface area contributed by atoms with Crippen molar-refractivity contribution in [3.63, 3.8) is 0 Å². The summed E-state index contributed by atoms with van der Waals surface area (Å²) in [5.74, 6) is 1.67. The van der Waals surface area contributed by atoms with Crippen LogP contribution >= 0.6 is 0 Å². The molecule has 0 aliphatic heterocycles. The molecule has 3 N–H and O–H groups in total. The summed E-state index contributed by atoms with van der Waals surface area (Å²) >= 11 is 0. The van der Waals surface area contributed by atoms with Crippen molar-refractivity contribution in [2.24, 2.45) is 0 Å². The van der Waals surface area contributed by atoms with E-state index in [1.807, 2.05) is 0 Å². The van der Waals surface area contributed by atoms with Crippen LogP contribution in [0.3, 0.4) is 0 Å². The molecule has 0 bridgehead atoms. The average molecular weight is 202 g/mol. The number of rotatable bonds is 1. The van der Waals surface area contributed by atoms with Crippen molar-refractivity contribution in [3.8, 4) is 11.6 Å². The van der Waals surface area contributed by atoms with E-state index in [2.05, 4.69) is 30.4 Å². The topological polar surface area (TPSA) is 111 Å². The smallest absolute Gasteiger partial charge is 0.255 e. The van der Waals surface area contributed by atoms with Crippen molar-refractivity contribution < 1.29 is 0 Å². The van der Waals surface area contributed by atoms with E-state index < -0.39 is 0 Å². The van der Waals surface area contributed by atoms with Crippen LogP contribution in [0.2, 0.25) is 0 Å². The molecular weight excluding hydrogens is 196 g/mol. The Morgan fingerprint density at radius 3 is 3.07 bits per heavy atom. The van der Waals surface area contributed by atoms with Crippen LogP contribution in [0.4, 0.5) is 5.95 Å². The van der Waals surface area contributed by atoms with E-state index >= 15 is 0 Å². The highest BCUT2D eigenvalue weighted by molar-refractivity contribution is 5.49. The quantitative estimate of drug-likeness (QED) is 0.549. The first kappa shape index (κ1) is 7.85. The van der Waals surface area contributed by atoms with Crippen LogP contribution in [0, 0.1) is 0 Å². The minimum absolute atomic E-state index is 0.172. The van der Waals surface area contributed by atoms with Gasteiger partial charge in [-0.2, -0.15) is 4.98 Å². The molecule has 0 saturated heterocycles. The van der Waals surface area contributed by atoms with Crippen LogP contribution in [-0.2, 0) is 0 Å². The molecule has 0 aliphatic rings. The number of nitrogens with zero attached hydrogens (tertiary/aromatic N) is 6. The van der Waals surface area contributed by atoms with Gasteiger partial charge in [0.1, 0.15) is 0 Å². The zero-order valence-corrected chi connectivity index (χ0v) is 7.49. The molecule has 15 heavy (non-hydrogen) atoms. The maximum atomic E-state index is 5.40. The maximum absolute atomic E-state index is 5.40. The van der Waals surface area contributed by atoms with E-state index in [-0.39, 0.29) is 5.95 Å². The second-order valence-corrected chi connectivity index (χ2v) is 2.86. The van der Waals surface area contributed by atoms with Gasteiger partial charge in [-0.25, -0.2) is 4.98 Å². The number of aromatic amines is 1. The zero-order valence-electron chi connectivity index (χ0n) is 7.49. The van der Waals surface area contributed by atoms with Gasteiger partial charge in [-0.05, 0) is 6.07 Å². The number of anilines is 1. The van der Waals surface area contributed by atoms with Crippen molar-refractivity contribution in [2.45, 2.75) is 0 Å². The molecule has 0 saturated carbocycles. The SMILES string of the molecule is Nc1n[nH]c(-c2nnc3ncccn23)n1. The maximum Gasteiger partial charge on any atom is 0.255 e. The standard InChI is InChI=1S/C7H6N8/c8-6-10-4(11-13-6)5-12-14-7-9-2-1-3-15(5)7/h1-3H,(H3,8,10,11,13). The van der Waals surface area contributed by atoms with Gasteiger partial charge in [-0.15, -0.1) is 15.3 Å². The van der Waals surface area contributed by atoms with Crippen LogP contribution < -0.4 is 5.73 Å². The molecule has 74 valence electrons. The summed E-state index contributed by atoms with van der Waals surface area (Å²) in [7, 11) is 0. The number of nitrogen functional groups attached to an aromatic ring is 1. The van der Waals surface area contributed by atoms with Crippen LogP contribution in [0.1, 0.15) is 0 Å². The van der Waals surface area contributed by atoms with E-state index in [1.54, 1.807) is 22.9 Å². The summed E-state index contributed by atoms with van der Waals surface area (Å²) in [6.07, 6.45) is 3.43. The van der Waals surface area contributed by atoms with Gasteiger partial charge < -0.3 is 5.73 Å². The van der Waals surface area contributed by atoms with Crippen molar-refractivity contribution in [2.75, 3.05) is 5.73 Å². The largest absolute Gasteiger partial charge is 0.366 e. The molecule has 0 fully saturated rings. The Balaban J connectivity index is 2.27. The monoisotopic (exact) mass is 202 g/mol. The van der Waals surface area contributed by atoms with Crippen LogP contribution in [0.5, 0.6) is 0 Å². The van der Waals surface area contributed by atoms with Gasteiger partial charge in [0.15, 0.2) is 5.82 Å². The molecular formula is C7H6N8. The minimum atomic E-state index is 0.172. The van der Waals surface area contributed by atoms with Gasteiger partial charge in [0, 0.05) is 12.4 Å². The van der Waals surface area contributed by atoms with Gasteiger partial charge in [0.25, 0.3) is 5.78 Å². The third kappa shape index (κ3) is 1.11. The Morgan fingerprint density at radius 1 is 1.33 bits per heavy atom. The first-order valence-electron chi connectivity index (χ1n) is 4.18. The number of hydrogen-bond donors (Lipinski definition) is 2. The number of aromatic nitrogens is 7. The molecule has 0 spiro atoms. The fourth-order valence-electron chi connectivity index (χ4n) is 1.28. The van der Waals surface area contributed by atoms with Crippen molar-refractivity contribution in [1.29, 1.82) is 0 Å². The van der Waals surface area contributed by atoms with E-state index in [4.69, 9.17) is 5.73 Å². The Bertz CT molecular complexity index is 608. The summed E-state index contributed by atoms with van der Waals surface area (Å²) in [5.41, 5.74) is 5.40. The second-order valence-electron chi connectivity index (χ2n) is 2.86. The van der Waals surface area contributed by atoms with Crippen molar-refractivity contribution >= 4 is 11.7 Å². The van der Waals surface area contributed by atoms with E-state index in [1.165, 1.54) is 0 Å². The lowest BCUT2D eigenvalue weighted by Gasteiger charge is -1.92. The molecule has 8 nitrogen and oxygen atoms in total. The molecule has 3 rings (SSSR count). The van der Waals surface area contributed by atoms with Gasteiger partial charge in [0.05, 0.1) is 0 Å². The first-order valence-corrected chi connectivity index (χ1v) is 4.18. The van der Waals surface area contributed by atoms with Gasteiger partial charge in [0.2, 0.25) is 11.8 Å². The number of H-pyrrole nitrogens is 1. The number of nitrogens with one attached hydrogen (secondary N) is 1. The summed E-state index contributed by atoms with van der Waals surface area (Å²) < 4.78 is 1.69. The number of nitrogens with two attached hydrogens (primary N) is 1. The highest BCUT2D eigenvalue weighted by atomic mass is 15.3. The first-order chi connectivity index (χ1) is 7.34. The predicted octanol–water partition coefficient (Wildman–Crippen LogP) is -0.508. The Kier molecular flexibility index (Phi) is 1.43. The van der Waals surface area contributed by atoms with Gasteiger partial charge in [-0.1, -0.05) is 0 Å². The second kappa shape index (κ2) is 2.74. The molecule has 8 heteroatoms. The molecule has 0 radical (unpaired) electrons. The normalized spacial score (nSPS) is 10.9. The summed E-state index contributed by atoms with van der Waals surface area (Å²) in [6, 6.07) is 1.78. The van der Waals surface area contributed by atoms with Gasteiger partial charge in [-0.3, -0.25) is 9.50 Å². The highest BCUT2D eigenvalue weighted by Crippen LogP contribution is 2.12. The molecule has 0 unspecified atom stereocenters. The van der Waals surface area contributed by atoms with E-state index in [0.717, 1.165) is 0 Å². The van der Waals surface area contributed by atoms with Crippen LogP contribution in [0.15, 0.2) is 18.5 Å². The minimum Gasteiger partial charge on any atom is -0.366 e. The summed E-state index contributed by atoms with van der Waals surface area (Å²) in [5, 5.41) is 14.2. The molecule has 3 heterocycles. The predicted molar refractivity (Wildman–Crippen MR) is 50.6 cm³/mol. The van der Waals surface area contributed by atoms with Crippen LogP contribution in [-0.4, -0.2) is 34.8 Å². The Morgan fingerprint density at radius 2 is 2.27 bits per heavy atom. The fourth-order valence-corrected chi connectivity index (χ4v) is 1.28. The Labute approximate surface area is 83.2 Å². The molecule has 0 amide bonds. The lowest BCUT2D eigenvalue weighted by molar-refractivity contribution is 1.04. The van der Waals surface area contributed by atoms with E-state index in [9.17, 15) is 0 Å². The number of hydrogen-bond acceptors (Lipinski definition) is 6. The lowest BCUT2D eigenvalue weighted by atomic mass is 10.5. The molecule has 3 aromatic rings. The third-order valence-electron chi connectivity index (χ3n) is 1.90. The van der Waals surface area contributed by atoms with Gasteiger partial charge >= 0.3 is 0 Å². The average Bonchev–Trinajstić information content (AvgIpc) is 2.83. The molecule has 0 atom stereocenters. The van der Waals surface area contributed by atoms with Crippen molar-refractivity contribution in [3.05, 3.63) is 18.5 Å². The molecule has 3 aromatic heterocycles. The fraction of sp³-hybridized carbons (Fsp3) is 0. The zero-order chi connectivity index (χ0) is 10.3. The molecule has 0 aromatic carbocycles. The van der Waals surface area contributed by atoms with Crippen molar-refractivity contribution in [1.82, 2.24) is 34.8 Å². The summed E-state index contributed by atoms with van der Waals surface area (Å²) in [6.45, 7) is 0. The van der Waals surface area contributed by atoms with E-state index in [0.29, 0.717) is 17.4 Å². The lowest BCUT2D eigenvalue weighted by Crippen LogP contribution is -1.92. The summed E-state index contributed by atoms with van der Waals surface area (Å²) in [4.78, 5) is 7.99. The Hall–Kier alpha value is -2.51.